The number of H-pyrrole nitrogens is 1. The summed E-state index contributed by atoms with van der Waals surface area (Å²) in [6, 6.07) is 9.90. The van der Waals surface area contributed by atoms with Crippen molar-refractivity contribution in [3.63, 3.8) is 0 Å². The lowest BCUT2D eigenvalue weighted by atomic mass is 9.47. The molecule has 1 spiro atoms. The molecule has 1 saturated carbocycles. The summed E-state index contributed by atoms with van der Waals surface area (Å²) in [5.74, 6) is -2.20. The minimum Gasteiger partial charge on any atom is -0.496 e. The quantitative estimate of drug-likeness (QED) is 0.128. The van der Waals surface area contributed by atoms with Crippen LogP contribution in [0.4, 0.5) is 5.69 Å². The van der Waals surface area contributed by atoms with Gasteiger partial charge in [-0.1, -0.05) is 51.1 Å². The Labute approximate surface area is 357 Å². The molecule has 1 saturated heterocycles. The molecular weight excluding hydrogens is 781 g/mol. The smallest absolute Gasteiger partial charge is 0.344 e. The van der Waals surface area contributed by atoms with Crippen LogP contribution >= 0.6 is 0 Å². The Morgan fingerprint density at radius 2 is 1.70 bits per heavy atom. The molecule has 4 aliphatic heterocycles. The third kappa shape index (κ3) is 5.88. The van der Waals surface area contributed by atoms with Crippen molar-refractivity contribution in [2.24, 2.45) is 11.3 Å². The molecule has 9 unspecified atom stereocenters. The first-order valence-corrected chi connectivity index (χ1v) is 21.6. The second kappa shape index (κ2) is 15.2. The van der Waals surface area contributed by atoms with E-state index in [9.17, 15) is 24.6 Å². The van der Waals surface area contributed by atoms with E-state index in [2.05, 4.69) is 14.8 Å². The van der Waals surface area contributed by atoms with Gasteiger partial charge in [-0.3, -0.25) is 19.3 Å². The Kier molecular flexibility index (Phi) is 10.7. The Morgan fingerprint density at radius 1 is 0.967 bits per heavy atom. The largest absolute Gasteiger partial charge is 0.496 e. The van der Waals surface area contributed by atoms with E-state index >= 15 is 4.79 Å². The molecule has 3 N–H and O–H groups in total. The highest BCUT2D eigenvalue weighted by Crippen LogP contribution is 2.68. The normalized spacial score (nSPS) is 34.7. The van der Waals surface area contributed by atoms with E-state index in [1.807, 2.05) is 70.3 Å². The predicted molar refractivity (Wildman–Crippen MR) is 227 cm³/mol. The number of rotatable bonds is 8. The number of aliphatic hydroxyl groups is 2. The maximum absolute atomic E-state index is 15.3. The number of aromatic nitrogens is 1. The van der Waals surface area contributed by atoms with Crippen molar-refractivity contribution >= 4 is 40.9 Å². The van der Waals surface area contributed by atoms with Crippen molar-refractivity contribution in [2.75, 3.05) is 59.5 Å². The molecule has 14 nitrogen and oxygen atoms in total. The van der Waals surface area contributed by atoms with Crippen molar-refractivity contribution in [3.8, 4) is 5.75 Å². The van der Waals surface area contributed by atoms with E-state index in [0.717, 1.165) is 16.5 Å². The number of nitrogens with one attached hydrogen (secondary N) is 1. The Hall–Kier alpha value is -4.76. The molecule has 5 aliphatic rings. The number of ether oxygens (including phenoxy) is 4. The van der Waals surface area contributed by atoms with Gasteiger partial charge in [-0.05, 0) is 81.3 Å². The number of para-hydroxylation sites is 1. The van der Waals surface area contributed by atoms with Gasteiger partial charge in [-0.25, -0.2) is 4.79 Å². The Bertz CT molecular complexity index is 2290. The van der Waals surface area contributed by atoms with Gasteiger partial charge in [0.2, 0.25) is 12.0 Å². The lowest BCUT2D eigenvalue weighted by Crippen LogP contribution is -2.81. The van der Waals surface area contributed by atoms with Gasteiger partial charge in [0.25, 0.3) is 0 Å². The molecule has 0 radical (unpaired) electrons. The number of likely N-dealkylation sites (N-methyl/N-ethyl adjacent to an activating group) is 1. The number of carbonyl (C=O) groups is 4. The molecule has 2 fully saturated rings. The van der Waals surface area contributed by atoms with Crippen LogP contribution < -0.4 is 9.64 Å². The minimum atomic E-state index is -2.54. The van der Waals surface area contributed by atoms with Gasteiger partial charge in [0.1, 0.15) is 11.2 Å². The van der Waals surface area contributed by atoms with Crippen LogP contribution in [-0.4, -0.2) is 133 Å². The van der Waals surface area contributed by atoms with Crippen LogP contribution in [0, 0.1) is 11.3 Å². The van der Waals surface area contributed by atoms with E-state index in [1.165, 1.54) is 33.2 Å². The van der Waals surface area contributed by atoms with Crippen LogP contribution in [0.1, 0.15) is 82.2 Å². The minimum absolute atomic E-state index is 0.215. The topological polar surface area (TPSA) is 171 Å². The standard InChI is InChI=1S/C47H60N4O10/c1-9-43(56)24-28(3)25-46(41(54)59-7,37-31(16-20-49(5)26-43)30-14-11-12-15-34(30)48-37)33-22-32-35(23-36(33)58-6)51(27-52)39-45(32)18-21-50-19-13-17-44(10-2,38(45)50)40(61-29(4)53)47(39,57)42(55)60-8/h11-15,17,22-23,27-28,38-40,48,56-57H,9-10,16,18-21,24-26H2,1-8H3. The highest BCUT2D eigenvalue weighted by atomic mass is 16.6. The monoisotopic (exact) mass is 840 g/mol. The Balaban J connectivity index is 1.49. The number of nitrogens with zero attached hydrogens (tertiary/aromatic N) is 3. The number of esters is 3. The molecule has 1 aromatic heterocycles. The van der Waals surface area contributed by atoms with Crippen molar-refractivity contribution in [2.45, 2.75) is 106 Å². The second-order valence-corrected chi connectivity index (χ2v) is 18.3. The predicted octanol–water partition coefficient (Wildman–Crippen LogP) is 4.15. The van der Waals surface area contributed by atoms with Gasteiger partial charge in [-0.2, -0.15) is 0 Å². The van der Waals surface area contributed by atoms with Crippen LogP contribution in [0.5, 0.6) is 5.75 Å². The summed E-state index contributed by atoms with van der Waals surface area (Å²) in [6.45, 7) is 9.37. The van der Waals surface area contributed by atoms with Crippen LogP contribution in [0.2, 0.25) is 0 Å². The molecule has 2 aromatic carbocycles. The van der Waals surface area contributed by atoms with E-state index in [-0.39, 0.29) is 12.3 Å². The van der Waals surface area contributed by atoms with E-state index in [4.69, 9.17) is 18.9 Å². The molecule has 1 aliphatic carbocycles. The van der Waals surface area contributed by atoms with Gasteiger partial charge in [0.05, 0.1) is 38.7 Å². The first-order chi connectivity index (χ1) is 29.1. The van der Waals surface area contributed by atoms with Crippen molar-refractivity contribution in [1.29, 1.82) is 0 Å². The first kappa shape index (κ1) is 42.9. The molecule has 328 valence electrons. The number of β-amino-alcohol motifs (C(OH)–C–C–N with tert-alkyl or cyclic N) is 1. The number of aromatic amines is 1. The Morgan fingerprint density at radius 3 is 2.36 bits per heavy atom. The summed E-state index contributed by atoms with van der Waals surface area (Å²) in [7, 11) is 6.08. The van der Waals surface area contributed by atoms with Crippen molar-refractivity contribution < 1.29 is 48.3 Å². The number of methoxy groups -OCH3 is 3. The average Bonchev–Trinajstić information content (AvgIpc) is 3.92. The van der Waals surface area contributed by atoms with E-state index in [1.54, 1.807) is 6.07 Å². The van der Waals surface area contributed by atoms with E-state index < -0.39 is 63.5 Å². The van der Waals surface area contributed by atoms with E-state index in [0.29, 0.717) is 93.0 Å². The molecule has 0 bridgehead atoms. The number of benzene rings is 2. The zero-order valence-electron chi connectivity index (χ0n) is 36.6. The number of fused-ring (bicyclic) bond motifs is 4. The van der Waals surface area contributed by atoms with Crippen molar-refractivity contribution in [3.05, 3.63) is 70.9 Å². The number of hydrogen-bond donors (Lipinski definition) is 3. The molecular formula is C47H60N4O10. The fraction of sp³-hybridized carbons (Fsp3) is 0.574. The third-order valence-electron chi connectivity index (χ3n) is 15.2. The third-order valence-corrected chi connectivity index (χ3v) is 15.2. The van der Waals surface area contributed by atoms with Gasteiger partial charge in [0.15, 0.2) is 6.10 Å². The number of amides is 1. The summed E-state index contributed by atoms with van der Waals surface area (Å²) in [6.07, 6.45) is 5.59. The number of hydrogen-bond acceptors (Lipinski definition) is 12. The summed E-state index contributed by atoms with van der Waals surface area (Å²) in [5, 5.41) is 26.4. The number of anilines is 1. The molecule has 9 atom stereocenters. The van der Waals surface area contributed by atoms with Gasteiger partial charge >= 0.3 is 17.9 Å². The average molecular weight is 841 g/mol. The van der Waals surface area contributed by atoms with Crippen LogP contribution in [0.3, 0.4) is 0 Å². The zero-order valence-corrected chi connectivity index (χ0v) is 36.6. The summed E-state index contributed by atoms with van der Waals surface area (Å²) in [5.41, 5.74) is -3.42. The molecule has 14 heteroatoms. The van der Waals surface area contributed by atoms with Crippen LogP contribution in [0.25, 0.3) is 10.9 Å². The summed E-state index contributed by atoms with van der Waals surface area (Å²) >= 11 is 0. The fourth-order valence-electron chi connectivity index (χ4n) is 13.0. The van der Waals surface area contributed by atoms with Crippen LogP contribution in [-0.2, 0) is 50.6 Å². The molecule has 1 amide bonds. The molecule has 61 heavy (non-hydrogen) atoms. The maximum atomic E-state index is 15.3. The van der Waals surface area contributed by atoms with Gasteiger partial charge < -0.3 is 43.9 Å². The van der Waals surface area contributed by atoms with Gasteiger partial charge in [-0.15, -0.1) is 0 Å². The molecule has 5 heterocycles. The zero-order chi connectivity index (χ0) is 43.9. The fourth-order valence-corrected chi connectivity index (χ4v) is 13.0. The number of carbonyl (C=O) groups excluding carboxylic acids is 4. The maximum Gasteiger partial charge on any atom is 0.344 e. The van der Waals surface area contributed by atoms with Crippen LogP contribution in [0.15, 0.2) is 48.6 Å². The molecule has 3 aromatic rings. The first-order valence-electron chi connectivity index (χ1n) is 21.6. The van der Waals surface area contributed by atoms with Crippen molar-refractivity contribution in [1.82, 2.24) is 14.8 Å². The lowest BCUT2D eigenvalue weighted by Gasteiger charge is -2.63. The highest BCUT2D eigenvalue weighted by Gasteiger charge is 2.81. The SMILES string of the molecule is CCC1(O)CC(C)CC(C(=O)OC)(c2cc3c(cc2OC)N(C=O)C2C(O)(C(=O)OC)C(OC(C)=O)C4(CC)C=CCN5CCC32C54)c2[nH]c3ccccc3c2CCN(C)C1. The highest BCUT2D eigenvalue weighted by molar-refractivity contribution is 5.96. The lowest BCUT2D eigenvalue weighted by molar-refractivity contribution is -0.228. The summed E-state index contributed by atoms with van der Waals surface area (Å²) < 4.78 is 23.7. The second-order valence-electron chi connectivity index (χ2n) is 18.3. The van der Waals surface area contributed by atoms with Gasteiger partial charge in [0, 0.05) is 71.7 Å². The molecule has 8 rings (SSSR count). The summed E-state index contributed by atoms with van der Waals surface area (Å²) in [4.78, 5) is 66.0.